The number of carbonyl (C=O) groups excluding carboxylic acids is 12. The van der Waals surface area contributed by atoms with Crippen LogP contribution in [0.2, 0.25) is 0 Å². The Morgan fingerprint density at radius 2 is 0.500 bits per heavy atom. The van der Waals surface area contributed by atoms with Gasteiger partial charge in [0.1, 0.15) is 74.1 Å². The second kappa shape index (κ2) is 96.5. The van der Waals surface area contributed by atoms with E-state index in [4.69, 9.17) is 56.9 Å². The summed E-state index contributed by atoms with van der Waals surface area (Å²) in [6.45, 7) is 20.6. The van der Waals surface area contributed by atoms with Crippen molar-refractivity contribution in [2.24, 2.45) is 0 Å². The summed E-state index contributed by atoms with van der Waals surface area (Å²) in [7, 11) is 24.7. The van der Waals surface area contributed by atoms with E-state index in [0.29, 0.717) is 162 Å². The highest BCUT2D eigenvalue weighted by Crippen LogP contribution is 2.26. The van der Waals surface area contributed by atoms with Crippen LogP contribution in [0.3, 0.4) is 0 Å². The zero-order valence-corrected chi connectivity index (χ0v) is 90.2. The average molecular weight is 2000 g/mol. The number of aliphatic hydroxyl groups excluding tert-OH is 4. The van der Waals surface area contributed by atoms with Gasteiger partial charge < -0.3 is 125 Å². The summed E-state index contributed by atoms with van der Waals surface area (Å²) in [4.78, 5) is 160. The van der Waals surface area contributed by atoms with Crippen molar-refractivity contribution in [3.05, 3.63) is 48.3 Å². The highest BCUT2D eigenvalue weighted by Gasteiger charge is 2.28. The summed E-state index contributed by atoms with van der Waals surface area (Å²) in [5.41, 5.74) is 0. The maximum absolute atomic E-state index is 13.0. The van der Waals surface area contributed by atoms with Gasteiger partial charge in [-0.25, -0.2) is 0 Å². The number of Topliss-reactive ketones (excluding diaryl/α,β-unsaturated/α-hetero) is 6. The number of hydrogen-bond donors (Lipinski definition) is 4. The second-order valence-corrected chi connectivity index (χ2v) is 35.9. The van der Waals surface area contributed by atoms with Crippen molar-refractivity contribution in [1.29, 1.82) is 0 Å². The molecule has 2 rings (SSSR count). The van der Waals surface area contributed by atoms with Gasteiger partial charge in [-0.1, -0.05) is 38.5 Å². The molecule has 0 aromatic carbocycles. The molecule has 816 valence electrons. The Hall–Kier alpha value is -7.32. The predicted octanol–water partition coefficient (Wildman–Crippen LogP) is 12.1. The number of furan rings is 2. The lowest BCUT2D eigenvalue weighted by atomic mass is 10.1. The van der Waals surface area contributed by atoms with Gasteiger partial charge in [0.05, 0.1) is 46.2 Å². The molecule has 2 aromatic rings. The van der Waals surface area contributed by atoms with E-state index in [0.717, 1.165) is 193 Å². The number of methoxy groups -OCH3 is 8. The number of amides is 6. The molecule has 0 bridgehead atoms. The zero-order chi connectivity index (χ0) is 106. The Balaban J connectivity index is -0.000000804. The molecule has 0 aliphatic carbocycles. The molecule has 2 unspecified atom stereocenters. The maximum Gasteiger partial charge on any atom is 0.224 e. The van der Waals surface area contributed by atoms with Crippen molar-refractivity contribution in [3.8, 4) is 0 Å². The fourth-order valence-electron chi connectivity index (χ4n) is 14.3. The van der Waals surface area contributed by atoms with E-state index in [1.165, 1.54) is 16.7 Å². The predicted molar refractivity (Wildman–Crippen MR) is 542 cm³/mol. The number of hydrogen-bond acceptors (Lipinski definition) is 32. The van der Waals surface area contributed by atoms with E-state index in [1.807, 2.05) is 63.2 Å². The summed E-state index contributed by atoms with van der Waals surface area (Å²) in [6.07, 6.45) is 31.1. The first-order chi connectivity index (χ1) is 67.0. The topological polar surface area (TPSA) is 425 Å². The average Bonchev–Trinajstić information content (AvgIpc) is 1.63. The minimum atomic E-state index is -0.544. The van der Waals surface area contributed by atoms with Crippen molar-refractivity contribution in [2.45, 2.75) is 298 Å². The Labute approximate surface area is 841 Å². The smallest absolute Gasteiger partial charge is 0.224 e. The van der Waals surface area contributed by atoms with Gasteiger partial charge in [0.15, 0.2) is 18.2 Å². The highest BCUT2D eigenvalue weighted by molar-refractivity contribution is 5.84. The van der Waals surface area contributed by atoms with Crippen molar-refractivity contribution in [3.63, 3.8) is 0 Å². The Bertz CT molecular complexity index is 3370. The van der Waals surface area contributed by atoms with Crippen LogP contribution in [-0.2, 0) is 95.4 Å². The lowest BCUT2D eigenvalue weighted by Crippen LogP contribution is -2.39. The number of likely N-dealkylation sites (N-methyl/N-ethyl adjacent to an activating group) is 1. The molecule has 2 aromatic heterocycles. The molecule has 0 spiro atoms. The molecule has 38 heteroatoms. The standard InChI is InChI=1S/C26H40N2O6.C18H36N2O4.2C16H32N2O4.C14H28N2O4.C12H24N2O4/c1-21(29)13-7-8-16-24(30)28(26(32-4)23-15-12-20-34-23)18-10-6-5-9-17-27(2)25(31-3)22-14-11-19-33-22;1-17(21)11-7-8-12-18(22)20(16-24-4)14-10-6-5-9-13-19(2)15-23-3;1-15(19)9-5-6-10-16(20)18(14-22-4)12-8-7-11-17(2)13-21-3;1-15(21)9-5-6-10-16(22)18(14-20)12-8-4-3-7-11-17(2)13-19;1-13(19)7-3-4-8-14(20)16(12-18)10-6-5-9-15(2)11-17;1-11(15)5-6-12(16)14(10-18-4)8-7-13(2)9-17-3/h11-12,14-15,19-20,25-26H,5-10,13,16-18H2,1-4H3;5-16H2,1-4H3;5-14H2,1-4H3;19-20H,3-14H2,1-2H3;17-18H,3-12H2,1-2H3;5-10H2,1-4H3. The quantitative estimate of drug-likeness (QED) is 0.0353. The summed E-state index contributed by atoms with van der Waals surface area (Å²) in [6, 6.07) is 7.40. The fourth-order valence-corrected chi connectivity index (χ4v) is 14.3. The van der Waals surface area contributed by atoms with E-state index in [9.17, 15) is 67.7 Å². The summed E-state index contributed by atoms with van der Waals surface area (Å²) in [5.74, 6) is 2.35. The minimum Gasteiger partial charge on any atom is -0.465 e. The molecular formula is C102H192N12O26. The molecule has 4 N–H and O–H groups in total. The monoisotopic (exact) mass is 2000 g/mol. The molecule has 38 nitrogen and oxygen atoms in total. The van der Waals surface area contributed by atoms with Crippen LogP contribution in [0.1, 0.15) is 310 Å². The zero-order valence-electron chi connectivity index (χ0n) is 90.2. The van der Waals surface area contributed by atoms with Gasteiger partial charge in [0, 0.05) is 199 Å². The van der Waals surface area contributed by atoms with Crippen molar-refractivity contribution >= 4 is 70.1 Å². The number of carbonyl (C=O) groups is 12. The summed E-state index contributed by atoms with van der Waals surface area (Å²) < 4.78 is 52.5. The van der Waals surface area contributed by atoms with E-state index < -0.39 is 6.23 Å². The first-order valence-corrected chi connectivity index (χ1v) is 50.3. The van der Waals surface area contributed by atoms with E-state index in [1.54, 1.807) is 135 Å². The third-order valence-corrected chi connectivity index (χ3v) is 22.3. The molecule has 0 radical (unpaired) electrons. The van der Waals surface area contributed by atoms with Gasteiger partial charge in [-0.15, -0.1) is 0 Å². The molecular weight excluding hydrogens is 1810 g/mol. The van der Waals surface area contributed by atoms with Crippen LogP contribution in [0.5, 0.6) is 0 Å². The number of rotatable bonds is 84. The third-order valence-electron chi connectivity index (χ3n) is 22.3. The first-order valence-electron chi connectivity index (χ1n) is 50.3. The van der Waals surface area contributed by atoms with Crippen LogP contribution in [0.15, 0.2) is 45.6 Å². The molecule has 0 saturated carbocycles. The summed E-state index contributed by atoms with van der Waals surface area (Å²) in [5, 5.41) is 36.2. The first kappa shape index (κ1) is 139. The van der Waals surface area contributed by atoms with Crippen molar-refractivity contribution in [1.82, 2.24) is 58.8 Å². The summed E-state index contributed by atoms with van der Waals surface area (Å²) >= 11 is 0. The number of unbranched alkanes of at least 4 members (excludes halogenated alkanes) is 16. The molecule has 0 saturated heterocycles. The van der Waals surface area contributed by atoms with Gasteiger partial charge in [-0.05, 0) is 250 Å². The van der Waals surface area contributed by atoms with Crippen molar-refractivity contribution < 1.29 is 125 Å². The number of aliphatic hydroxyl groups is 4. The maximum atomic E-state index is 13.0. The van der Waals surface area contributed by atoms with E-state index in [-0.39, 0.29) is 123 Å². The van der Waals surface area contributed by atoms with Gasteiger partial charge in [0.25, 0.3) is 0 Å². The number of ketones is 6. The minimum absolute atomic E-state index is 0.0212. The van der Waals surface area contributed by atoms with E-state index in [2.05, 4.69) is 21.7 Å². The normalized spacial score (nSPS) is 11.5. The Kier molecular flexibility index (Phi) is 95.7. The number of ether oxygens (including phenoxy) is 8. The Morgan fingerprint density at radius 3 is 0.800 bits per heavy atom. The molecule has 0 aliphatic heterocycles. The van der Waals surface area contributed by atoms with Gasteiger partial charge in [-0.3, -0.25) is 58.2 Å². The molecule has 2 heterocycles. The molecule has 2 atom stereocenters. The highest BCUT2D eigenvalue weighted by atomic mass is 16.5. The molecule has 0 aliphatic rings. The Morgan fingerprint density at radius 1 is 0.250 bits per heavy atom. The third kappa shape index (κ3) is 83.0. The molecule has 0 fully saturated rings. The molecule has 140 heavy (non-hydrogen) atoms. The molecule has 6 amide bonds. The largest absolute Gasteiger partial charge is 0.465 e. The second-order valence-electron chi connectivity index (χ2n) is 35.9. The van der Waals surface area contributed by atoms with Gasteiger partial charge >= 0.3 is 0 Å². The number of nitrogens with zero attached hydrogens (tertiary/aromatic N) is 12. The van der Waals surface area contributed by atoms with Gasteiger partial charge in [-0.2, -0.15) is 0 Å². The van der Waals surface area contributed by atoms with Crippen LogP contribution >= 0.6 is 0 Å². The lowest BCUT2D eigenvalue weighted by molar-refractivity contribution is -0.147. The van der Waals surface area contributed by atoms with Crippen LogP contribution in [-0.4, -0.2) is 394 Å². The lowest BCUT2D eigenvalue weighted by Gasteiger charge is -2.29. The van der Waals surface area contributed by atoms with Crippen LogP contribution in [0.4, 0.5) is 0 Å². The van der Waals surface area contributed by atoms with Crippen LogP contribution in [0.25, 0.3) is 0 Å². The fraction of sp³-hybridized carbons (Fsp3) is 0.804. The van der Waals surface area contributed by atoms with Crippen LogP contribution < -0.4 is 0 Å². The van der Waals surface area contributed by atoms with E-state index >= 15 is 0 Å². The van der Waals surface area contributed by atoms with Gasteiger partial charge in [0.2, 0.25) is 35.4 Å². The SMILES string of the molecule is CC(=O)CCCCC(=O)N(CO)CCCCCCN(C)CO.CC(=O)CCCCC(=O)N(CO)CCCCN(C)CO.COC(c1ccco1)N(C)CCCCCCN(C(=O)CCCCC(C)=O)C(OC)c1ccco1.COCN(C)CCCCCCN(COC)C(=O)CCCCC(C)=O.COCN(C)CCCCN(COC)C(=O)CCCCC(C)=O.COCN(C)CCN(COC)C(=O)CCC(C)=O. The van der Waals surface area contributed by atoms with Crippen molar-refractivity contribution in [2.75, 3.05) is 245 Å². The van der Waals surface area contributed by atoms with Crippen LogP contribution in [0, 0.1) is 0 Å².